The summed E-state index contributed by atoms with van der Waals surface area (Å²) in [4.78, 5) is 24.6. The molecule has 2 aromatic heterocycles. The maximum Gasteiger partial charge on any atom is 0.225 e. The zero-order valence-corrected chi connectivity index (χ0v) is 20.9. The summed E-state index contributed by atoms with van der Waals surface area (Å²) >= 11 is 0. The van der Waals surface area contributed by atoms with Gasteiger partial charge in [-0.05, 0) is 68.9 Å². The van der Waals surface area contributed by atoms with Gasteiger partial charge in [0.05, 0.1) is 17.2 Å². The molecular formula is C28H33N5O2. The zero-order chi connectivity index (χ0) is 24.5. The molecule has 4 aromatic rings. The van der Waals surface area contributed by atoms with E-state index >= 15 is 0 Å². The number of aromatic nitrogens is 2. The first kappa shape index (κ1) is 23.3. The van der Waals surface area contributed by atoms with Crippen LogP contribution < -0.4 is 21.0 Å². The Kier molecular flexibility index (Phi) is 6.43. The van der Waals surface area contributed by atoms with Crippen LogP contribution in [0.3, 0.4) is 0 Å². The van der Waals surface area contributed by atoms with Crippen LogP contribution in [0.4, 0.5) is 11.8 Å². The van der Waals surface area contributed by atoms with Crippen molar-refractivity contribution in [1.82, 2.24) is 15.3 Å². The Balaban J connectivity index is 1.21. The summed E-state index contributed by atoms with van der Waals surface area (Å²) in [5.74, 6) is 1.61. The average molecular weight is 472 g/mol. The van der Waals surface area contributed by atoms with Gasteiger partial charge >= 0.3 is 0 Å². The minimum absolute atomic E-state index is 0.0664. The lowest BCUT2D eigenvalue weighted by Crippen LogP contribution is -2.37. The first-order valence-electron chi connectivity index (χ1n) is 12.3. The summed E-state index contributed by atoms with van der Waals surface area (Å²) in [6, 6.07) is 12.8. The Morgan fingerprint density at radius 2 is 1.77 bits per heavy atom. The standard InChI is InChI=1S/C28H33N5O2/c1-17-13-18(2)25-24(14-17)35-16-19(26(25)34)15-29-20-9-11-21(12-10-20)30-28-31-23-8-6-5-7-22(23)27(32-28)33(3)4/h5-8,13-14,16,20-21,29H,9-12,15H2,1-4H3,(H,30,31,32). The van der Waals surface area contributed by atoms with Crippen molar-refractivity contribution in [1.29, 1.82) is 0 Å². The topological polar surface area (TPSA) is 83.3 Å². The van der Waals surface area contributed by atoms with Crippen LogP contribution in [0.1, 0.15) is 42.4 Å². The monoisotopic (exact) mass is 471 g/mol. The summed E-state index contributed by atoms with van der Waals surface area (Å²) in [7, 11) is 4.02. The second-order valence-corrected chi connectivity index (χ2v) is 9.90. The van der Waals surface area contributed by atoms with Crippen molar-refractivity contribution in [2.45, 2.75) is 58.2 Å². The highest BCUT2D eigenvalue weighted by atomic mass is 16.3. The van der Waals surface area contributed by atoms with E-state index in [1.807, 2.05) is 63.2 Å². The third-order valence-corrected chi connectivity index (χ3v) is 6.94. The highest BCUT2D eigenvalue weighted by molar-refractivity contribution is 5.90. The Hall–Kier alpha value is -3.45. The Morgan fingerprint density at radius 3 is 2.54 bits per heavy atom. The van der Waals surface area contributed by atoms with E-state index in [9.17, 15) is 4.79 Å². The number of aryl methyl sites for hydroxylation is 2. The molecule has 0 amide bonds. The van der Waals surface area contributed by atoms with E-state index < -0.39 is 0 Å². The highest BCUT2D eigenvalue weighted by Gasteiger charge is 2.22. The molecule has 0 atom stereocenters. The largest absolute Gasteiger partial charge is 0.464 e. The molecule has 1 aliphatic rings. The second-order valence-electron chi connectivity index (χ2n) is 9.90. The molecule has 2 N–H and O–H groups in total. The van der Waals surface area contributed by atoms with Gasteiger partial charge in [-0.3, -0.25) is 4.79 Å². The number of nitrogens with one attached hydrogen (secondary N) is 2. The van der Waals surface area contributed by atoms with Gasteiger partial charge in [-0.1, -0.05) is 18.2 Å². The number of nitrogens with zero attached hydrogens (tertiary/aromatic N) is 3. The summed E-state index contributed by atoms with van der Waals surface area (Å²) in [6.07, 6.45) is 5.72. The molecule has 35 heavy (non-hydrogen) atoms. The molecule has 0 bridgehead atoms. The van der Waals surface area contributed by atoms with Gasteiger partial charge in [-0.25, -0.2) is 4.98 Å². The molecule has 0 saturated heterocycles. The second kappa shape index (κ2) is 9.66. The molecule has 2 aromatic carbocycles. The number of hydrogen-bond donors (Lipinski definition) is 2. The minimum Gasteiger partial charge on any atom is -0.464 e. The first-order chi connectivity index (χ1) is 16.9. The van der Waals surface area contributed by atoms with Crippen molar-refractivity contribution in [3.8, 4) is 0 Å². The molecule has 182 valence electrons. The SMILES string of the molecule is Cc1cc(C)c2c(=O)c(CNC3CCC(Nc4nc(N(C)C)c5ccccc5n4)CC3)coc2c1. The Bertz CT molecular complexity index is 1420. The molecule has 5 rings (SSSR count). The van der Waals surface area contributed by atoms with Crippen LogP contribution in [0.15, 0.2) is 51.9 Å². The number of rotatable bonds is 6. The van der Waals surface area contributed by atoms with Crippen molar-refractivity contribution in [3.05, 3.63) is 69.6 Å². The van der Waals surface area contributed by atoms with Gasteiger partial charge in [0, 0.05) is 43.7 Å². The van der Waals surface area contributed by atoms with Gasteiger partial charge in [0.1, 0.15) is 11.4 Å². The van der Waals surface area contributed by atoms with Crippen molar-refractivity contribution >= 4 is 33.6 Å². The fraction of sp³-hybridized carbons (Fsp3) is 0.393. The van der Waals surface area contributed by atoms with Crippen LogP contribution >= 0.6 is 0 Å². The fourth-order valence-corrected chi connectivity index (χ4v) is 5.13. The first-order valence-corrected chi connectivity index (χ1v) is 12.3. The molecule has 7 heteroatoms. The lowest BCUT2D eigenvalue weighted by molar-refractivity contribution is 0.351. The molecule has 0 spiro atoms. The highest BCUT2D eigenvalue weighted by Crippen LogP contribution is 2.26. The summed E-state index contributed by atoms with van der Waals surface area (Å²) < 4.78 is 5.80. The number of benzene rings is 2. The molecule has 0 aliphatic heterocycles. The molecule has 1 fully saturated rings. The van der Waals surface area contributed by atoms with E-state index in [1.165, 1.54) is 0 Å². The van der Waals surface area contributed by atoms with E-state index in [-0.39, 0.29) is 5.43 Å². The van der Waals surface area contributed by atoms with Crippen molar-refractivity contribution < 1.29 is 4.42 Å². The van der Waals surface area contributed by atoms with Gasteiger partial charge < -0.3 is 20.0 Å². The number of anilines is 2. The number of para-hydroxylation sites is 1. The van der Waals surface area contributed by atoms with Gasteiger partial charge in [0.15, 0.2) is 5.43 Å². The third-order valence-electron chi connectivity index (χ3n) is 6.94. The minimum atomic E-state index is 0.0664. The van der Waals surface area contributed by atoms with Gasteiger partial charge in [-0.15, -0.1) is 0 Å². The molecule has 2 heterocycles. The summed E-state index contributed by atoms with van der Waals surface area (Å²) in [6.45, 7) is 4.51. The van der Waals surface area contributed by atoms with E-state index in [2.05, 4.69) is 16.7 Å². The lowest BCUT2D eigenvalue weighted by atomic mass is 9.91. The predicted octanol–water partition coefficient (Wildman–Crippen LogP) is 4.93. The maximum atomic E-state index is 13.0. The van der Waals surface area contributed by atoms with E-state index in [1.54, 1.807) is 6.26 Å². The summed E-state index contributed by atoms with van der Waals surface area (Å²) in [5.41, 5.74) is 4.43. The maximum absolute atomic E-state index is 13.0. The zero-order valence-electron chi connectivity index (χ0n) is 20.9. The van der Waals surface area contributed by atoms with Gasteiger partial charge in [0.2, 0.25) is 5.95 Å². The quantitative estimate of drug-likeness (QED) is 0.412. The molecule has 1 saturated carbocycles. The van der Waals surface area contributed by atoms with Crippen molar-refractivity contribution in [3.63, 3.8) is 0 Å². The van der Waals surface area contributed by atoms with Crippen LogP contribution in [0.2, 0.25) is 0 Å². The normalized spacial score (nSPS) is 18.2. The molecule has 0 radical (unpaired) electrons. The van der Waals surface area contributed by atoms with Crippen LogP contribution in [0.25, 0.3) is 21.9 Å². The third kappa shape index (κ3) is 4.86. The van der Waals surface area contributed by atoms with Crippen molar-refractivity contribution in [2.24, 2.45) is 0 Å². The van der Waals surface area contributed by atoms with Crippen LogP contribution in [-0.2, 0) is 6.54 Å². The molecule has 1 aliphatic carbocycles. The predicted molar refractivity (Wildman–Crippen MR) is 142 cm³/mol. The molecule has 7 nitrogen and oxygen atoms in total. The molecule has 0 unspecified atom stereocenters. The van der Waals surface area contributed by atoms with Crippen LogP contribution in [0, 0.1) is 13.8 Å². The average Bonchev–Trinajstić information content (AvgIpc) is 2.83. The summed E-state index contributed by atoms with van der Waals surface area (Å²) in [5, 5.41) is 8.89. The van der Waals surface area contributed by atoms with E-state index in [0.717, 1.165) is 53.5 Å². The number of hydrogen-bond acceptors (Lipinski definition) is 7. The van der Waals surface area contributed by atoms with Crippen molar-refractivity contribution in [2.75, 3.05) is 24.3 Å². The van der Waals surface area contributed by atoms with E-state index in [0.29, 0.717) is 41.1 Å². The lowest BCUT2D eigenvalue weighted by Gasteiger charge is -2.30. The Morgan fingerprint density at radius 1 is 1.03 bits per heavy atom. The van der Waals surface area contributed by atoms with Crippen LogP contribution in [-0.4, -0.2) is 36.1 Å². The Labute approximate surface area is 205 Å². The smallest absolute Gasteiger partial charge is 0.225 e. The van der Waals surface area contributed by atoms with Crippen LogP contribution in [0.5, 0.6) is 0 Å². The van der Waals surface area contributed by atoms with E-state index in [4.69, 9.17) is 14.4 Å². The molecular weight excluding hydrogens is 438 g/mol. The number of fused-ring (bicyclic) bond motifs is 2. The van der Waals surface area contributed by atoms with Gasteiger partial charge in [0.25, 0.3) is 0 Å². The van der Waals surface area contributed by atoms with Gasteiger partial charge in [-0.2, -0.15) is 4.98 Å². The fourth-order valence-electron chi connectivity index (χ4n) is 5.13.